The number of fused-ring (bicyclic) bond motifs is 2. The highest BCUT2D eigenvalue weighted by Gasteiger charge is 2.28. The van der Waals surface area contributed by atoms with Gasteiger partial charge in [0.25, 0.3) is 5.56 Å². The van der Waals surface area contributed by atoms with Gasteiger partial charge in [0.1, 0.15) is 0 Å². The molecule has 0 radical (unpaired) electrons. The molecule has 0 spiro atoms. The Kier molecular flexibility index (Phi) is 4.24. The van der Waals surface area contributed by atoms with E-state index in [1.54, 1.807) is 10.9 Å². The van der Waals surface area contributed by atoms with Crippen LogP contribution in [-0.2, 0) is 6.67 Å². The zero-order valence-corrected chi connectivity index (χ0v) is 16.8. The third-order valence-corrected chi connectivity index (χ3v) is 6.00. The minimum atomic E-state index is -0.177. The smallest absolute Gasteiger partial charge is 0.296 e. The van der Waals surface area contributed by atoms with Crippen LogP contribution in [0.5, 0.6) is 11.5 Å². The van der Waals surface area contributed by atoms with Crippen molar-refractivity contribution in [2.75, 3.05) is 13.3 Å². The lowest BCUT2D eigenvalue weighted by molar-refractivity contribution is 0.173. The molecule has 4 aromatic rings. The minimum Gasteiger partial charge on any atom is -0.454 e. The average molecular weight is 415 g/mol. The predicted molar refractivity (Wildman–Crippen MR) is 114 cm³/mol. The van der Waals surface area contributed by atoms with Gasteiger partial charge in [0.15, 0.2) is 17.0 Å². The standard InChI is InChI=1S/C23H21N5O3/c29-23-22-17(13-27(25-22)18-5-2-1-3-6-18)12-24-28(23)14-26-10-4-7-19(26)16-8-9-20-21(11-16)31-15-30-20/h1-3,5-6,8-9,11-13,19H,4,7,10,14-15H2. The summed E-state index contributed by atoms with van der Waals surface area (Å²) in [4.78, 5) is 15.4. The Morgan fingerprint density at radius 1 is 1.06 bits per heavy atom. The fourth-order valence-corrected chi connectivity index (χ4v) is 4.43. The van der Waals surface area contributed by atoms with Gasteiger partial charge >= 0.3 is 0 Å². The average Bonchev–Trinajstić information content (AvgIpc) is 3.55. The molecule has 2 aromatic carbocycles. The van der Waals surface area contributed by atoms with Crippen molar-refractivity contribution in [2.24, 2.45) is 0 Å². The van der Waals surface area contributed by atoms with Crippen molar-refractivity contribution in [3.8, 4) is 17.2 Å². The molecule has 0 saturated carbocycles. The van der Waals surface area contributed by atoms with Gasteiger partial charge in [0.05, 0.1) is 18.6 Å². The van der Waals surface area contributed by atoms with Gasteiger partial charge < -0.3 is 9.47 Å². The summed E-state index contributed by atoms with van der Waals surface area (Å²) in [6, 6.07) is 16.1. The van der Waals surface area contributed by atoms with Crippen molar-refractivity contribution in [3.05, 3.63) is 76.8 Å². The summed E-state index contributed by atoms with van der Waals surface area (Å²) in [5.74, 6) is 1.57. The van der Waals surface area contributed by atoms with E-state index in [-0.39, 0.29) is 18.4 Å². The second-order valence-electron chi connectivity index (χ2n) is 7.89. The molecule has 156 valence electrons. The quantitative estimate of drug-likeness (QED) is 0.510. The largest absolute Gasteiger partial charge is 0.454 e. The Morgan fingerprint density at radius 3 is 2.84 bits per heavy atom. The maximum absolute atomic E-state index is 13.1. The van der Waals surface area contributed by atoms with Crippen LogP contribution in [0, 0.1) is 0 Å². The first-order valence-electron chi connectivity index (χ1n) is 10.4. The van der Waals surface area contributed by atoms with Gasteiger partial charge in [-0.2, -0.15) is 10.2 Å². The van der Waals surface area contributed by atoms with Crippen molar-refractivity contribution < 1.29 is 9.47 Å². The third kappa shape index (κ3) is 3.16. The molecule has 1 unspecified atom stereocenters. The second-order valence-corrected chi connectivity index (χ2v) is 7.89. The lowest BCUT2D eigenvalue weighted by atomic mass is 10.0. The Bertz CT molecular complexity index is 1310. The van der Waals surface area contributed by atoms with Crippen LogP contribution in [0.25, 0.3) is 16.6 Å². The molecule has 0 N–H and O–H groups in total. The molecular formula is C23H21N5O3. The van der Waals surface area contributed by atoms with Crippen LogP contribution in [-0.4, -0.2) is 37.8 Å². The van der Waals surface area contributed by atoms with Gasteiger partial charge in [-0.15, -0.1) is 0 Å². The summed E-state index contributed by atoms with van der Waals surface area (Å²) >= 11 is 0. The number of benzene rings is 2. The molecule has 6 rings (SSSR count). The number of ether oxygens (including phenoxy) is 2. The van der Waals surface area contributed by atoms with Crippen LogP contribution in [0.3, 0.4) is 0 Å². The molecule has 0 aliphatic carbocycles. The van der Waals surface area contributed by atoms with Gasteiger partial charge in [0.2, 0.25) is 6.79 Å². The van der Waals surface area contributed by atoms with Crippen molar-refractivity contribution in [3.63, 3.8) is 0 Å². The van der Waals surface area contributed by atoms with E-state index in [1.165, 1.54) is 10.2 Å². The predicted octanol–water partition coefficient (Wildman–Crippen LogP) is 3.11. The highest BCUT2D eigenvalue weighted by molar-refractivity contribution is 5.76. The first kappa shape index (κ1) is 18.1. The van der Waals surface area contributed by atoms with Gasteiger partial charge in [-0.25, -0.2) is 9.36 Å². The lowest BCUT2D eigenvalue weighted by Crippen LogP contribution is -2.33. The van der Waals surface area contributed by atoms with E-state index in [0.717, 1.165) is 42.0 Å². The summed E-state index contributed by atoms with van der Waals surface area (Å²) in [7, 11) is 0. The molecule has 4 heterocycles. The topological polar surface area (TPSA) is 74.4 Å². The van der Waals surface area contributed by atoms with E-state index >= 15 is 0 Å². The molecule has 1 fully saturated rings. The lowest BCUT2D eigenvalue weighted by Gasteiger charge is -2.25. The Labute approximate surface area is 178 Å². The van der Waals surface area contributed by atoms with E-state index in [2.05, 4.69) is 21.2 Å². The second kappa shape index (κ2) is 7.24. The monoisotopic (exact) mass is 415 g/mol. The first-order chi connectivity index (χ1) is 15.3. The zero-order valence-electron chi connectivity index (χ0n) is 16.8. The number of likely N-dealkylation sites (tertiary alicyclic amines) is 1. The summed E-state index contributed by atoms with van der Waals surface area (Å²) in [6.07, 6.45) is 5.65. The summed E-state index contributed by atoms with van der Waals surface area (Å²) < 4.78 is 14.2. The van der Waals surface area contributed by atoms with E-state index in [0.29, 0.717) is 12.2 Å². The van der Waals surface area contributed by atoms with E-state index < -0.39 is 0 Å². The van der Waals surface area contributed by atoms with Crippen molar-refractivity contribution in [2.45, 2.75) is 25.6 Å². The first-order valence-corrected chi connectivity index (χ1v) is 10.4. The number of rotatable bonds is 4. The Balaban J connectivity index is 1.30. The molecule has 0 amide bonds. The van der Waals surface area contributed by atoms with Crippen LogP contribution in [0.2, 0.25) is 0 Å². The molecule has 0 bridgehead atoms. The maximum Gasteiger partial charge on any atom is 0.296 e. The molecular weight excluding hydrogens is 394 g/mol. The van der Waals surface area contributed by atoms with Crippen LogP contribution in [0.15, 0.2) is 65.7 Å². The zero-order chi connectivity index (χ0) is 20.8. The molecule has 2 aliphatic heterocycles. The van der Waals surface area contributed by atoms with Gasteiger partial charge in [-0.1, -0.05) is 24.3 Å². The highest BCUT2D eigenvalue weighted by atomic mass is 16.7. The fraction of sp³-hybridized carbons (Fsp3) is 0.261. The SMILES string of the molecule is O=c1c2nn(-c3ccccc3)cc2cnn1CN1CCCC1c1ccc2c(c1)OCO2. The number of para-hydroxylation sites is 1. The normalized spacial score (nSPS) is 18.1. The number of nitrogens with zero attached hydrogens (tertiary/aromatic N) is 5. The maximum atomic E-state index is 13.1. The fourth-order valence-electron chi connectivity index (χ4n) is 4.43. The number of hydrogen-bond acceptors (Lipinski definition) is 6. The number of hydrogen-bond donors (Lipinski definition) is 0. The van der Waals surface area contributed by atoms with Gasteiger partial charge in [0, 0.05) is 24.2 Å². The molecule has 2 aliphatic rings. The summed E-state index contributed by atoms with van der Waals surface area (Å²) in [6.45, 7) is 1.60. The molecule has 2 aromatic heterocycles. The van der Waals surface area contributed by atoms with Gasteiger partial charge in [-0.05, 0) is 42.7 Å². The van der Waals surface area contributed by atoms with Crippen molar-refractivity contribution in [1.82, 2.24) is 24.5 Å². The highest BCUT2D eigenvalue weighted by Crippen LogP contribution is 2.38. The summed E-state index contributed by atoms with van der Waals surface area (Å²) in [5.41, 5.74) is 2.33. The Hall–Kier alpha value is -3.65. The van der Waals surface area contributed by atoms with Crippen molar-refractivity contribution in [1.29, 1.82) is 0 Å². The molecule has 1 atom stereocenters. The molecule has 1 saturated heterocycles. The van der Waals surface area contributed by atoms with Gasteiger partial charge in [-0.3, -0.25) is 9.69 Å². The van der Waals surface area contributed by atoms with E-state index in [1.807, 2.05) is 48.7 Å². The van der Waals surface area contributed by atoms with Crippen LogP contribution >= 0.6 is 0 Å². The van der Waals surface area contributed by atoms with E-state index in [4.69, 9.17) is 9.47 Å². The van der Waals surface area contributed by atoms with Crippen LogP contribution < -0.4 is 15.0 Å². The Morgan fingerprint density at radius 2 is 1.94 bits per heavy atom. The number of aromatic nitrogens is 4. The van der Waals surface area contributed by atoms with E-state index in [9.17, 15) is 4.79 Å². The summed E-state index contributed by atoms with van der Waals surface area (Å²) in [5, 5.41) is 9.69. The third-order valence-electron chi connectivity index (χ3n) is 6.00. The van der Waals surface area contributed by atoms with Crippen LogP contribution in [0.1, 0.15) is 24.4 Å². The minimum absolute atomic E-state index is 0.177. The van der Waals surface area contributed by atoms with Crippen LogP contribution in [0.4, 0.5) is 0 Å². The molecule has 31 heavy (non-hydrogen) atoms. The molecule has 8 heteroatoms. The van der Waals surface area contributed by atoms with Crippen molar-refractivity contribution >= 4 is 10.9 Å². The molecule has 8 nitrogen and oxygen atoms in total.